The lowest BCUT2D eigenvalue weighted by atomic mass is 9.93. The van der Waals surface area contributed by atoms with Gasteiger partial charge < -0.3 is 9.47 Å². The predicted molar refractivity (Wildman–Crippen MR) is 110 cm³/mol. The van der Waals surface area contributed by atoms with Crippen molar-refractivity contribution in [3.05, 3.63) is 72.8 Å². The van der Waals surface area contributed by atoms with E-state index in [-0.39, 0.29) is 11.9 Å². The molecule has 0 aliphatic carbocycles. The molecule has 0 N–H and O–H groups in total. The van der Waals surface area contributed by atoms with Crippen molar-refractivity contribution >= 4 is 33.5 Å². The number of ether oxygens (including phenoxy) is 2. The molecule has 0 saturated heterocycles. The molecular weight excluding hydrogens is 352 g/mol. The van der Waals surface area contributed by atoms with Gasteiger partial charge in [-0.1, -0.05) is 54.6 Å². The molecule has 0 amide bonds. The normalized spacial score (nSPS) is 10.8. The van der Waals surface area contributed by atoms with E-state index in [1.165, 1.54) is 13.8 Å². The molecule has 28 heavy (non-hydrogen) atoms. The highest BCUT2D eigenvalue weighted by Crippen LogP contribution is 2.39. The van der Waals surface area contributed by atoms with E-state index >= 15 is 0 Å². The Balaban J connectivity index is 2.01. The van der Waals surface area contributed by atoms with Gasteiger partial charge in [0.05, 0.1) is 0 Å². The van der Waals surface area contributed by atoms with Crippen LogP contribution in [-0.2, 0) is 9.59 Å². The number of hydrogen-bond donors (Lipinski definition) is 0. The van der Waals surface area contributed by atoms with Crippen LogP contribution in [0.25, 0.3) is 32.7 Å². The van der Waals surface area contributed by atoms with E-state index in [2.05, 4.69) is 0 Å². The smallest absolute Gasteiger partial charge is 0.308 e. The molecule has 0 aromatic heterocycles. The molecule has 0 spiro atoms. The van der Waals surface area contributed by atoms with Crippen LogP contribution < -0.4 is 9.47 Å². The van der Waals surface area contributed by atoms with E-state index in [0.717, 1.165) is 32.7 Å². The van der Waals surface area contributed by atoms with Crippen LogP contribution in [0.5, 0.6) is 11.5 Å². The second-order valence-corrected chi connectivity index (χ2v) is 6.54. The molecule has 0 heterocycles. The van der Waals surface area contributed by atoms with Gasteiger partial charge in [0.1, 0.15) is 11.5 Å². The molecule has 0 atom stereocenters. The van der Waals surface area contributed by atoms with Crippen LogP contribution in [0.1, 0.15) is 13.8 Å². The van der Waals surface area contributed by atoms with Gasteiger partial charge in [0, 0.05) is 19.2 Å². The van der Waals surface area contributed by atoms with Gasteiger partial charge >= 0.3 is 11.9 Å². The topological polar surface area (TPSA) is 52.6 Å². The lowest BCUT2D eigenvalue weighted by molar-refractivity contribution is -0.132. The zero-order valence-electron chi connectivity index (χ0n) is 15.6. The first-order valence-corrected chi connectivity index (χ1v) is 8.94. The quantitative estimate of drug-likeness (QED) is 0.352. The van der Waals surface area contributed by atoms with Crippen molar-refractivity contribution in [1.29, 1.82) is 0 Å². The summed E-state index contributed by atoms with van der Waals surface area (Å²) in [6, 6.07) is 23.2. The van der Waals surface area contributed by atoms with E-state index in [1.54, 1.807) is 6.07 Å². The minimum atomic E-state index is -0.365. The summed E-state index contributed by atoms with van der Waals surface area (Å²) in [6.45, 7) is 2.77. The standard InChI is InChI=1S/C24H18O4/c1-15(25)27-18-13-17-7-3-4-8-19(17)23(14-18)21-11-12-24(28-16(2)26)22-10-6-5-9-20(21)22/h3-14H,1-2H3. The number of rotatable bonds is 3. The SMILES string of the molecule is CC(=O)Oc1cc(-c2ccc(OC(C)=O)c3ccccc23)c2ccccc2c1. The molecule has 4 aromatic carbocycles. The Morgan fingerprint density at radius 3 is 2.00 bits per heavy atom. The van der Waals surface area contributed by atoms with E-state index in [4.69, 9.17) is 9.47 Å². The van der Waals surface area contributed by atoms with Gasteiger partial charge in [0.2, 0.25) is 0 Å². The molecule has 4 nitrogen and oxygen atoms in total. The van der Waals surface area contributed by atoms with Crippen molar-refractivity contribution < 1.29 is 19.1 Å². The van der Waals surface area contributed by atoms with Crippen LogP contribution in [0.3, 0.4) is 0 Å². The van der Waals surface area contributed by atoms with E-state index < -0.39 is 0 Å². The number of fused-ring (bicyclic) bond motifs is 2. The monoisotopic (exact) mass is 370 g/mol. The molecule has 0 aliphatic rings. The molecule has 0 fully saturated rings. The van der Waals surface area contributed by atoms with Crippen LogP contribution in [0.4, 0.5) is 0 Å². The number of benzene rings is 4. The van der Waals surface area contributed by atoms with Gasteiger partial charge in [-0.3, -0.25) is 9.59 Å². The van der Waals surface area contributed by atoms with Crippen molar-refractivity contribution in [3.63, 3.8) is 0 Å². The molecule has 0 radical (unpaired) electrons. The number of carbonyl (C=O) groups excluding carboxylic acids is 2. The fourth-order valence-corrected chi connectivity index (χ4v) is 3.48. The highest BCUT2D eigenvalue weighted by molar-refractivity contribution is 6.08. The maximum atomic E-state index is 11.5. The van der Waals surface area contributed by atoms with E-state index in [0.29, 0.717) is 11.5 Å². The summed E-state index contributed by atoms with van der Waals surface area (Å²) in [6.07, 6.45) is 0. The number of esters is 2. The third kappa shape index (κ3) is 3.32. The first-order chi connectivity index (χ1) is 13.5. The second-order valence-electron chi connectivity index (χ2n) is 6.54. The summed E-state index contributed by atoms with van der Waals surface area (Å²) in [5.41, 5.74) is 1.91. The van der Waals surface area contributed by atoms with Gasteiger partial charge in [-0.05, 0) is 45.5 Å². The number of hydrogen-bond acceptors (Lipinski definition) is 4. The Hall–Kier alpha value is -3.66. The highest BCUT2D eigenvalue weighted by Gasteiger charge is 2.14. The lowest BCUT2D eigenvalue weighted by Crippen LogP contribution is -2.02. The van der Waals surface area contributed by atoms with Crippen LogP contribution in [0, 0.1) is 0 Å². The number of carbonyl (C=O) groups is 2. The summed E-state index contributed by atoms with van der Waals surface area (Å²) < 4.78 is 10.7. The lowest BCUT2D eigenvalue weighted by Gasteiger charge is -2.14. The van der Waals surface area contributed by atoms with Crippen LogP contribution in [0.15, 0.2) is 72.8 Å². The van der Waals surface area contributed by atoms with Crippen molar-refractivity contribution in [2.75, 3.05) is 0 Å². The zero-order chi connectivity index (χ0) is 19.7. The Morgan fingerprint density at radius 1 is 0.643 bits per heavy atom. The van der Waals surface area contributed by atoms with Crippen LogP contribution in [0.2, 0.25) is 0 Å². The minimum absolute atomic E-state index is 0.361. The largest absolute Gasteiger partial charge is 0.427 e. The van der Waals surface area contributed by atoms with Crippen molar-refractivity contribution in [2.45, 2.75) is 13.8 Å². The maximum Gasteiger partial charge on any atom is 0.308 e. The van der Waals surface area contributed by atoms with Crippen molar-refractivity contribution in [3.8, 4) is 22.6 Å². The van der Waals surface area contributed by atoms with Crippen LogP contribution >= 0.6 is 0 Å². The predicted octanol–water partition coefficient (Wildman–Crippen LogP) is 5.51. The molecule has 0 saturated carbocycles. The first-order valence-electron chi connectivity index (χ1n) is 8.94. The summed E-state index contributed by atoms with van der Waals surface area (Å²) in [5.74, 6) is 0.290. The Bertz CT molecular complexity index is 1220. The minimum Gasteiger partial charge on any atom is -0.427 e. The van der Waals surface area contributed by atoms with Gasteiger partial charge in [0.25, 0.3) is 0 Å². The second kappa shape index (κ2) is 7.16. The first kappa shape index (κ1) is 17.7. The Morgan fingerprint density at radius 2 is 1.29 bits per heavy atom. The average Bonchev–Trinajstić information content (AvgIpc) is 2.67. The third-order valence-electron chi connectivity index (χ3n) is 4.52. The fraction of sp³-hybridized carbons (Fsp3) is 0.0833. The molecule has 0 bridgehead atoms. The van der Waals surface area contributed by atoms with Gasteiger partial charge in [-0.2, -0.15) is 0 Å². The summed E-state index contributed by atoms with van der Waals surface area (Å²) in [5, 5.41) is 3.82. The van der Waals surface area contributed by atoms with Gasteiger partial charge in [0.15, 0.2) is 0 Å². The Labute approximate surface area is 162 Å². The molecule has 4 aromatic rings. The summed E-state index contributed by atoms with van der Waals surface area (Å²) in [7, 11) is 0. The van der Waals surface area contributed by atoms with Crippen molar-refractivity contribution in [2.24, 2.45) is 0 Å². The van der Waals surface area contributed by atoms with Gasteiger partial charge in [-0.15, -0.1) is 0 Å². The van der Waals surface area contributed by atoms with Crippen molar-refractivity contribution in [1.82, 2.24) is 0 Å². The Kier molecular flexibility index (Phi) is 4.53. The van der Waals surface area contributed by atoms with E-state index in [1.807, 2.05) is 66.7 Å². The zero-order valence-corrected chi connectivity index (χ0v) is 15.6. The summed E-state index contributed by atoms with van der Waals surface area (Å²) in [4.78, 5) is 22.9. The molecule has 138 valence electrons. The molecule has 0 unspecified atom stereocenters. The van der Waals surface area contributed by atoms with Crippen LogP contribution in [-0.4, -0.2) is 11.9 Å². The fourth-order valence-electron chi connectivity index (χ4n) is 3.48. The average molecular weight is 370 g/mol. The molecule has 4 heteroatoms. The molecule has 0 aliphatic heterocycles. The van der Waals surface area contributed by atoms with Gasteiger partial charge in [-0.25, -0.2) is 0 Å². The molecular formula is C24H18O4. The third-order valence-corrected chi connectivity index (χ3v) is 4.52. The molecule has 4 rings (SSSR count). The highest BCUT2D eigenvalue weighted by atomic mass is 16.5. The summed E-state index contributed by atoms with van der Waals surface area (Å²) >= 11 is 0. The maximum absolute atomic E-state index is 11.5. The van der Waals surface area contributed by atoms with E-state index in [9.17, 15) is 9.59 Å².